The van der Waals surface area contributed by atoms with Crippen LogP contribution in [-0.4, -0.2) is 36.8 Å². The molecule has 0 aromatic rings. The first kappa shape index (κ1) is 16.4. The van der Waals surface area contributed by atoms with Crippen molar-refractivity contribution in [2.24, 2.45) is 5.41 Å². The van der Waals surface area contributed by atoms with Crippen LogP contribution in [-0.2, 0) is 23.8 Å². The van der Waals surface area contributed by atoms with Gasteiger partial charge in [0.1, 0.15) is 6.61 Å². The molecule has 5 nitrogen and oxygen atoms in total. The van der Waals surface area contributed by atoms with Crippen molar-refractivity contribution in [3.8, 4) is 0 Å². The minimum Gasteiger partial charge on any atom is -0.465 e. The maximum absolute atomic E-state index is 11.5. The van der Waals surface area contributed by atoms with E-state index in [1.165, 1.54) is 0 Å². The lowest BCUT2D eigenvalue weighted by Gasteiger charge is -2.40. The van der Waals surface area contributed by atoms with Gasteiger partial charge in [-0.25, -0.2) is 0 Å². The molecule has 1 aliphatic rings. The van der Waals surface area contributed by atoms with Gasteiger partial charge in [-0.05, 0) is 31.9 Å². The van der Waals surface area contributed by atoms with E-state index in [4.69, 9.17) is 25.8 Å². The highest BCUT2D eigenvalue weighted by Crippen LogP contribution is 2.29. The number of rotatable bonds is 6. The van der Waals surface area contributed by atoms with E-state index in [0.717, 1.165) is 0 Å². The van der Waals surface area contributed by atoms with Crippen LogP contribution in [0.4, 0.5) is 0 Å². The Balaban J connectivity index is 2.24. The lowest BCUT2D eigenvalue weighted by Crippen LogP contribution is -2.47. The fourth-order valence-corrected chi connectivity index (χ4v) is 1.69. The molecule has 0 unspecified atom stereocenters. The summed E-state index contributed by atoms with van der Waals surface area (Å²) in [7, 11) is 0. The van der Waals surface area contributed by atoms with Crippen molar-refractivity contribution in [1.82, 2.24) is 0 Å². The molecule has 0 N–H and O–H groups in total. The van der Waals surface area contributed by atoms with E-state index in [0.29, 0.717) is 19.6 Å². The van der Waals surface area contributed by atoms with Gasteiger partial charge in [-0.15, -0.1) is 0 Å². The topological polar surface area (TPSA) is 61.8 Å². The fraction of sp³-hybridized carbons (Fsp3) is 0.846. The quantitative estimate of drug-likeness (QED) is 0.555. The Hall–Kier alpha value is -0.650. The summed E-state index contributed by atoms with van der Waals surface area (Å²) < 4.78 is 16.3. The zero-order valence-corrected chi connectivity index (χ0v) is 12.4. The number of halogens is 1. The Kier molecular flexibility index (Phi) is 5.77. The molecule has 110 valence electrons. The zero-order chi connectivity index (χ0) is 14.5. The van der Waals surface area contributed by atoms with E-state index < -0.39 is 11.0 Å². The molecule has 0 radical (unpaired) electrons. The predicted octanol–water partition coefficient (Wildman–Crippen LogP) is 2.25. The van der Waals surface area contributed by atoms with Crippen LogP contribution in [0.1, 0.15) is 40.0 Å². The minimum absolute atomic E-state index is 0.189. The molecule has 6 heteroatoms. The standard InChI is InChI=1S/C13H21ClO5/c1-12(2)18-8-13(3,9-19-12)7-17-11(16)6-4-5-10(14)15/h4-9H2,1-3H3. The largest absolute Gasteiger partial charge is 0.465 e. The molecule has 0 atom stereocenters. The van der Waals surface area contributed by atoms with Crippen molar-refractivity contribution in [3.05, 3.63) is 0 Å². The third-order valence-corrected chi connectivity index (χ3v) is 3.06. The zero-order valence-electron chi connectivity index (χ0n) is 11.7. The third-order valence-electron chi connectivity index (χ3n) is 2.87. The van der Waals surface area contributed by atoms with Gasteiger partial charge in [0.05, 0.1) is 13.2 Å². The van der Waals surface area contributed by atoms with Gasteiger partial charge in [-0.3, -0.25) is 9.59 Å². The second kappa shape index (κ2) is 6.68. The normalized spacial score (nSPS) is 20.8. The molecule has 1 fully saturated rings. The van der Waals surface area contributed by atoms with Gasteiger partial charge in [-0.2, -0.15) is 0 Å². The van der Waals surface area contributed by atoms with Crippen molar-refractivity contribution in [1.29, 1.82) is 0 Å². The summed E-state index contributed by atoms with van der Waals surface area (Å²) in [6.07, 6.45) is 0.800. The van der Waals surface area contributed by atoms with Crippen LogP contribution in [0.25, 0.3) is 0 Å². The maximum Gasteiger partial charge on any atom is 0.305 e. The Labute approximate surface area is 118 Å². The molecule has 0 aromatic heterocycles. The summed E-state index contributed by atoms with van der Waals surface area (Å²) in [6.45, 7) is 6.85. The van der Waals surface area contributed by atoms with Crippen LogP contribution in [0, 0.1) is 5.41 Å². The Bertz CT molecular complexity index is 330. The molecule has 0 aromatic carbocycles. The van der Waals surface area contributed by atoms with Crippen molar-refractivity contribution in [2.45, 2.75) is 45.8 Å². The van der Waals surface area contributed by atoms with Gasteiger partial charge in [-0.1, -0.05) is 6.92 Å². The molecule has 0 spiro atoms. The molecule has 1 aliphatic heterocycles. The van der Waals surface area contributed by atoms with Crippen molar-refractivity contribution < 1.29 is 23.8 Å². The smallest absolute Gasteiger partial charge is 0.305 e. The van der Waals surface area contributed by atoms with Gasteiger partial charge in [0.25, 0.3) is 0 Å². The summed E-state index contributed by atoms with van der Waals surface area (Å²) in [4.78, 5) is 22.0. The van der Waals surface area contributed by atoms with Crippen molar-refractivity contribution >= 4 is 22.8 Å². The van der Waals surface area contributed by atoms with Crippen LogP contribution in [0.2, 0.25) is 0 Å². The highest BCUT2D eigenvalue weighted by Gasteiger charge is 2.37. The number of ether oxygens (including phenoxy) is 3. The van der Waals surface area contributed by atoms with Crippen LogP contribution in [0.3, 0.4) is 0 Å². The Morgan fingerprint density at radius 3 is 2.26 bits per heavy atom. The van der Waals surface area contributed by atoms with Gasteiger partial charge in [0.2, 0.25) is 5.24 Å². The number of carbonyl (C=O) groups excluding carboxylic acids is 2. The molecule has 0 amide bonds. The number of hydrogen-bond donors (Lipinski definition) is 0. The van der Waals surface area contributed by atoms with Crippen LogP contribution < -0.4 is 0 Å². The fourth-order valence-electron chi connectivity index (χ4n) is 1.56. The summed E-state index contributed by atoms with van der Waals surface area (Å²) in [5, 5.41) is -0.434. The van der Waals surface area contributed by atoms with E-state index in [-0.39, 0.29) is 30.8 Å². The second-order valence-corrected chi connectivity index (χ2v) is 6.08. The molecule has 1 rings (SSSR count). The monoisotopic (exact) mass is 292 g/mol. The lowest BCUT2D eigenvalue weighted by atomic mass is 9.93. The molecule has 0 bridgehead atoms. The van der Waals surface area contributed by atoms with E-state index in [1.807, 2.05) is 20.8 Å². The molecule has 19 heavy (non-hydrogen) atoms. The molecule has 1 heterocycles. The highest BCUT2D eigenvalue weighted by molar-refractivity contribution is 6.63. The lowest BCUT2D eigenvalue weighted by molar-refractivity contribution is -0.287. The number of esters is 1. The highest BCUT2D eigenvalue weighted by atomic mass is 35.5. The predicted molar refractivity (Wildman–Crippen MR) is 69.8 cm³/mol. The van der Waals surface area contributed by atoms with Crippen molar-refractivity contribution in [2.75, 3.05) is 19.8 Å². The first-order valence-corrected chi connectivity index (χ1v) is 6.72. The average molecular weight is 293 g/mol. The Morgan fingerprint density at radius 2 is 1.74 bits per heavy atom. The average Bonchev–Trinajstić information content (AvgIpc) is 2.31. The van der Waals surface area contributed by atoms with Gasteiger partial charge in [0.15, 0.2) is 5.79 Å². The summed E-state index contributed by atoms with van der Waals surface area (Å²) >= 11 is 5.18. The first-order chi connectivity index (χ1) is 8.72. The van der Waals surface area contributed by atoms with Crippen LogP contribution >= 0.6 is 11.6 Å². The molecule has 1 saturated heterocycles. The summed E-state index contributed by atoms with van der Waals surface area (Å²) in [5.74, 6) is -0.909. The van der Waals surface area contributed by atoms with E-state index in [9.17, 15) is 9.59 Å². The van der Waals surface area contributed by atoms with Gasteiger partial charge < -0.3 is 14.2 Å². The van der Waals surface area contributed by atoms with Crippen LogP contribution in [0.15, 0.2) is 0 Å². The third kappa shape index (κ3) is 6.36. The van der Waals surface area contributed by atoms with Crippen molar-refractivity contribution in [3.63, 3.8) is 0 Å². The SMILES string of the molecule is CC1(COC(=O)CCCC(=O)Cl)COC(C)(C)OC1. The summed E-state index contributed by atoms with van der Waals surface area (Å²) in [5.41, 5.74) is -0.326. The maximum atomic E-state index is 11.5. The molecular weight excluding hydrogens is 272 g/mol. The van der Waals surface area contributed by atoms with E-state index in [1.54, 1.807) is 0 Å². The van der Waals surface area contributed by atoms with E-state index in [2.05, 4.69) is 0 Å². The number of hydrogen-bond acceptors (Lipinski definition) is 5. The first-order valence-electron chi connectivity index (χ1n) is 6.34. The van der Waals surface area contributed by atoms with Crippen LogP contribution in [0.5, 0.6) is 0 Å². The Morgan fingerprint density at radius 1 is 1.16 bits per heavy atom. The number of carbonyl (C=O) groups is 2. The molecular formula is C13H21ClO5. The minimum atomic E-state index is -0.579. The van der Waals surface area contributed by atoms with Gasteiger partial charge in [0, 0.05) is 18.3 Å². The summed E-state index contributed by atoms with van der Waals surface area (Å²) in [6, 6.07) is 0. The molecule has 0 aliphatic carbocycles. The van der Waals surface area contributed by atoms with E-state index >= 15 is 0 Å². The van der Waals surface area contributed by atoms with Gasteiger partial charge >= 0.3 is 5.97 Å². The second-order valence-electron chi connectivity index (χ2n) is 5.66. The molecule has 0 saturated carbocycles.